The highest BCUT2D eigenvalue weighted by atomic mass is 16.4. The smallest absolute Gasteiger partial charge is 0.336 e. The molecule has 11 heteroatoms. The number of carbonyl (C=O) groups is 3. The summed E-state index contributed by atoms with van der Waals surface area (Å²) in [6.07, 6.45) is -2.29. The van der Waals surface area contributed by atoms with E-state index in [1.165, 1.54) is 0 Å². The number of hydrogen-bond acceptors (Lipinski definition) is 8. The van der Waals surface area contributed by atoms with Crippen LogP contribution in [0, 0.1) is 5.41 Å². The normalized spacial score (nSPS) is 11.3. The number of rotatable bonds is 9. The lowest BCUT2D eigenvalue weighted by Crippen LogP contribution is -2.42. The van der Waals surface area contributed by atoms with Crippen LogP contribution in [0.1, 0.15) is 12.8 Å². The topological polar surface area (TPSA) is 213 Å². The molecule has 0 radical (unpaired) electrons. The molecule has 0 aromatic carbocycles. The number of aliphatic hydroxyl groups is 5. The Labute approximate surface area is 124 Å². The molecular weight excluding hydrogens is 308 g/mol. The maximum absolute atomic E-state index is 10.3. The minimum atomic E-state index is -2.74. The summed E-state index contributed by atoms with van der Waals surface area (Å²) in [5.41, 5.74) is -3.85. The van der Waals surface area contributed by atoms with E-state index >= 15 is 0 Å². The van der Waals surface area contributed by atoms with Crippen LogP contribution in [-0.2, 0) is 14.4 Å². The van der Waals surface area contributed by atoms with Gasteiger partial charge in [0.15, 0.2) is 5.60 Å². The molecule has 130 valence electrons. The van der Waals surface area contributed by atoms with E-state index in [0.29, 0.717) is 0 Å². The van der Waals surface area contributed by atoms with Gasteiger partial charge in [0.2, 0.25) is 0 Å². The van der Waals surface area contributed by atoms with Crippen LogP contribution in [0.15, 0.2) is 0 Å². The molecule has 0 atom stereocenters. The zero-order valence-corrected chi connectivity index (χ0v) is 11.5. The highest BCUT2D eigenvalue weighted by molar-refractivity contribution is 5.88. The van der Waals surface area contributed by atoms with Gasteiger partial charge in [-0.05, 0) is 0 Å². The van der Waals surface area contributed by atoms with Gasteiger partial charge in [-0.25, -0.2) is 4.79 Å². The lowest BCUT2D eigenvalue weighted by molar-refractivity contribution is -0.170. The average Bonchev–Trinajstić information content (AvgIpc) is 2.40. The molecule has 0 aromatic rings. The summed E-state index contributed by atoms with van der Waals surface area (Å²) in [4.78, 5) is 30.5. The summed E-state index contributed by atoms with van der Waals surface area (Å²) in [5, 5.41) is 67.8. The van der Waals surface area contributed by atoms with Crippen LogP contribution < -0.4 is 0 Å². The fourth-order valence-corrected chi connectivity index (χ4v) is 1.01. The first-order valence-corrected chi connectivity index (χ1v) is 5.85. The van der Waals surface area contributed by atoms with E-state index in [1.807, 2.05) is 0 Å². The molecule has 22 heavy (non-hydrogen) atoms. The molecule has 11 nitrogen and oxygen atoms in total. The van der Waals surface area contributed by atoms with E-state index in [0.717, 1.165) is 0 Å². The molecule has 8 N–H and O–H groups in total. The zero-order chi connectivity index (χ0) is 18.0. The van der Waals surface area contributed by atoms with E-state index in [9.17, 15) is 14.4 Å². The van der Waals surface area contributed by atoms with E-state index in [1.54, 1.807) is 0 Å². The summed E-state index contributed by atoms with van der Waals surface area (Å²) in [6, 6.07) is 0. The summed E-state index contributed by atoms with van der Waals surface area (Å²) in [5.74, 6) is -5.02. The van der Waals surface area contributed by atoms with Crippen molar-refractivity contribution in [2.45, 2.75) is 18.4 Å². The molecule has 0 fully saturated rings. The Morgan fingerprint density at radius 2 is 0.955 bits per heavy atom. The largest absolute Gasteiger partial charge is 0.481 e. The summed E-state index contributed by atoms with van der Waals surface area (Å²) >= 11 is 0. The highest BCUT2D eigenvalue weighted by Gasteiger charge is 2.40. The molecule has 0 aromatic heterocycles. The Balaban J connectivity index is 0. The van der Waals surface area contributed by atoms with Crippen LogP contribution >= 0.6 is 0 Å². The fraction of sp³-hybridized carbons (Fsp3) is 0.727. The molecular formula is C11H20O11. The minimum absolute atomic E-state index is 0.406. The Morgan fingerprint density at radius 1 is 0.682 bits per heavy atom. The van der Waals surface area contributed by atoms with Crippen molar-refractivity contribution in [2.24, 2.45) is 5.41 Å². The number of aliphatic carboxylic acids is 3. The second kappa shape index (κ2) is 10.0. The maximum atomic E-state index is 10.3. The molecule has 0 unspecified atom stereocenters. The molecule has 0 saturated carbocycles. The van der Waals surface area contributed by atoms with Crippen molar-refractivity contribution in [2.75, 3.05) is 26.4 Å². The van der Waals surface area contributed by atoms with Crippen LogP contribution in [-0.4, -0.2) is 90.8 Å². The van der Waals surface area contributed by atoms with Gasteiger partial charge < -0.3 is 40.9 Å². The lowest BCUT2D eigenvalue weighted by atomic mass is 9.93. The van der Waals surface area contributed by atoms with Crippen LogP contribution in [0.3, 0.4) is 0 Å². The van der Waals surface area contributed by atoms with Crippen LogP contribution in [0.25, 0.3) is 0 Å². The molecule has 0 saturated heterocycles. The Morgan fingerprint density at radius 3 is 1.05 bits per heavy atom. The number of carboxylic acid groups (broad SMARTS) is 3. The van der Waals surface area contributed by atoms with E-state index in [2.05, 4.69) is 0 Å². The second-order valence-electron chi connectivity index (χ2n) is 4.61. The van der Waals surface area contributed by atoms with Crippen molar-refractivity contribution in [3.8, 4) is 0 Å². The SMILES string of the molecule is O=C(O)CC(O)(CC(=O)O)C(=O)O.OCC(CO)(CO)CO. The van der Waals surface area contributed by atoms with Gasteiger partial charge in [0.1, 0.15) is 0 Å². The molecule has 0 bridgehead atoms. The van der Waals surface area contributed by atoms with Gasteiger partial charge >= 0.3 is 17.9 Å². The summed E-state index contributed by atoms with van der Waals surface area (Å²) in [6.45, 7) is -1.62. The molecule has 0 aliphatic carbocycles. The van der Waals surface area contributed by atoms with Gasteiger partial charge in [-0.15, -0.1) is 0 Å². The molecule has 0 spiro atoms. The summed E-state index contributed by atoms with van der Waals surface area (Å²) in [7, 11) is 0. The molecule has 0 amide bonds. The quantitative estimate of drug-likeness (QED) is 0.210. The Bertz CT molecular complexity index is 341. The van der Waals surface area contributed by atoms with Gasteiger partial charge in [-0.1, -0.05) is 0 Å². The van der Waals surface area contributed by atoms with Crippen LogP contribution in [0.2, 0.25) is 0 Å². The monoisotopic (exact) mass is 328 g/mol. The Hall–Kier alpha value is -1.79. The van der Waals surface area contributed by atoms with E-state index in [-0.39, 0.29) is 0 Å². The zero-order valence-electron chi connectivity index (χ0n) is 11.5. The maximum Gasteiger partial charge on any atom is 0.336 e. The molecule has 0 aliphatic rings. The molecule has 0 heterocycles. The Kier molecular flexibility index (Phi) is 10.2. The van der Waals surface area contributed by atoms with Crippen molar-refractivity contribution in [1.82, 2.24) is 0 Å². The second-order valence-corrected chi connectivity index (χ2v) is 4.61. The van der Waals surface area contributed by atoms with Gasteiger partial charge in [0.05, 0.1) is 44.7 Å². The number of carboxylic acids is 3. The average molecular weight is 328 g/mol. The first kappa shape index (κ1) is 22.5. The predicted molar refractivity (Wildman–Crippen MR) is 67.9 cm³/mol. The third-order valence-electron chi connectivity index (χ3n) is 2.63. The van der Waals surface area contributed by atoms with Gasteiger partial charge in [0.25, 0.3) is 0 Å². The van der Waals surface area contributed by atoms with Gasteiger partial charge in [-0.2, -0.15) is 0 Å². The van der Waals surface area contributed by atoms with Crippen molar-refractivity contribution in [3.63, 3.8) is 0 Å². The standard InChI is InChI=1S/C6H8O7.C5H12O4/c7-3(8)1-6(13,5(11)12)2-4(9)10;6-1-5(2-7,3-8)4-9/h13H,1-2H2,(H,7,8)(H,9,10)(H,11,12);6-9H,1-4H2. The van der Waals surface area contributed by atoms with Crippen molar-refractivity contribution < 1.29 is 55.2 Å². The fourth-order valence-electron chi connectivity index (χ4n) is 1.01. The summed E-state index contributed by atoms with van der Waals surface area (Å²) < 4.78 is 0. The first-order valence-electron chi connectivity index (χ1n) is 5.85. The third-order valence-corrected chi connectivity index (χ3v) is 2.63. The van der Waals surface area contributed by atoms with Crippen LogP contribution in [0.5, 0.6) is 0 Å². The first-order chi connectivity index (χ1) is 10.0. The number of aliphatic hydroxyl groups excluding tert-OH is 4. The van der Waals surface area contributed by atoms with E-state index in [4.69, 9.17) is 40.9 Å². The van der Waals surface area contributed by atoms with Crippen molar-refractivity contribution >= 4 is 17.9 Å². The number of hydrogen-bond donors (Lipinski definition) is 8. The van der Waals surface area contributed by atoms with Gasteiger partial charge in [-0.3, -0.25) is 9.59 Å². The lowest BCUT2D eigenvalue weighted by Gasteiger charge is -2.23. The van der Waals surface area contributed by atoms with Crippen molar-refractivity contribution in [3.05, 3.63) is 0 Å². The minimum Gasteiger partial charge on any atom is -0.481 e. The van der Waals surface area contributed by atoms with Gasteiger partial charge in [0, 0.05) is 0 Å². The molecule has 0 aliphatic heterocycles. The van der Waals surface area contributed by atoms with Crippen molar-refractivity contribution in [1.29, 1.82) is 0 Å². The molecule has 0 rings (SSSR count). The van der Waals surface area contributed by atoms with E-state index < -0.39 is 68.2 Å². The highest BCUT2D eigenvalue weighted by Crippen LogP contribution is 2.15. The predicted octanol–water partition coefficient (Wildman–Crippen LogP) is -3.31. The van der Waals surface area contributed by atoms with Crippen LogP contribution in [0.4, 0.5) is 0 Å². The third kappa shape index (κ3) is 7.85.